The molecule has 0 aliphatic rings. The Balaban J connectivity index is 3.10. The van der Waals surface area contributed by atoms with E-state index in [1.807, 2.05) is 0 Å². The molecule has 180 valence electrons. The van der Waals surface area contributed by atoms with E-state index in [9.17, 15) is 4.79 Å². The van der Waals surface area contributed by atoms with Gasteiger partial charge in [0.1, 0.15) is 12.7 Å². The molecule has 5 nitrogen and oxygen atoms in total. The maximum Gasteiger partial charge on any atom is 0.305 e. The van der Waals surface area contributed by atoms with Crippen LogP contribution >= 0.6 is 0 Å². The van der Waals surface area contributed by atoms with Crippen molar-refractivity contribution < 1.29 is 24.9 Å². The Kier molecular flexibility index (Phi) is 24.1. The van der Waals surface area contributed by atoms with E-state index in [-0.39, 0.29) is 19.2 Å². The fourth-order valence-electron chi connectivity index (χ4n) is 3.70. The predicted octanol–water partition coefficient (Wildman–Crippen LogP) is 5.68. The summed E-state index contributed by atoms with van der Waals surface area (Å²) in [5.74, 6) is -0.281. The molecule has 0 heterocycles. The second-order valence-electron chi connectivity index (χ2n) is 8.71. The third kappa shape index (κ3) is 23.6. The molecule has 0 saturated carbocycles. The maximum atomic E-state index is 11.4. The van der Waals surface area contributed by atoms with E-state index >= 15 is 0 Å². The minimum absolute atomic E-state index is 0.109. The quantitative estimate of drug-likeness (QED) is 0.135. The molecule has 1 atom stereocenters. The van der Waals surface area contributed by atoms with Crippen LogP contribution < -0.4 is 0 Å². The van der Waals surface area contributed by atoms with Gasteiger partial charge in [-0.05, 0) is 12.8 Å². The van der Waals surface area contributed by atoms with Gasteiger partial charge < -0.3 is 20.1 Å². The first kappa shape index (κ1) is 29.4. The molecule has 0 fully saturated rings. The summed E-state index contributed by atoms with van der Waals surface area (Å²) in [5.41, 5.74) is 0. The van der Waals surface area contributed by atoms with Gasteiger partial charge in [-0.15, -0.1) is 0 Å². The number of ether oxygens (including phenoxy) is 1. The largest absolute Gasteiger partial charge is 0.463 e. The lowest BCUT2D eigenvalue weighted by atomic mass is 10.0. The van der Waals surface area contributed by atoms with Gasteiger partial charge in [0.25, 0.3) is 0 Å². The van der Waals surface area contributed by atoms with Gasteiger partial charge in [0.2, 0.25) is 0 Å². The Hall–Kier alpha value is -0.650. The third-order valence-electron chi connectivity index (χ3n) is 5.69. The Morgan fingerprint density at radius 1 is 0.567 bits per heavy atom. The van der Waals surface area contributed by atoms with Gasteiger partial charge in [-0.25, -0.2) is 0 Å². The van der Waals surface area contributed by atoms with Crippen LogP contribution in [0.3, 0.4) is 0 Å². The summed E-state index contributed by atoms with van der Waals surface area (Å²) in [4.78, 5) is 11.4. The van der Waals surface area contributed by atoms with Crippen LogP contribution in [0.15, 0.2) is 0 Å². The topological polar surface area (TPSA) is 87.0 Å². The van der Waals surface area contributed by atoms with Crippen LogP contribution in [0.5, 0.6) is 0 Å². The van der Waals surface area contributed by atoms with E-state index < -0.39 is 6.10 Å². The van der Waals surface area contributed by atoms with Crippen molar-refractivity contribution in [3.05, 3.63) is 0 Å². The van der Waals surface area contributed by atoms with Gasteiger partial charge in [0.05, 0.1) is 6.61 Å². The van der Waals surface area contributed by atoms with Gasteiger partial charge in [-0.3, -0.25) is 4.79 Å². The molecule has 5 heteroatoms. The lowest BCUT2D eigenvalue weighted by molar-refractivity contribution is -0.147. The summed E-state index contributed by atoms with van der Waals surface area (Å²) in [6.45, 7) is -0.135. The second-order valence-corrected chi connectivity index (χ2v) is 8.71. The van der Waals surface area contributed by atoms with Crippen molar-refractivity contribution in [1.82, 2.24) is 0 Å². The molecular formula is C25H50O5. The van der Waals surface area contributed by atoms with Crippen LogP contribution in [0.25, 0.3) is 0 Å². The number of hydrogen-bond acceptors (Lipinski definition) is 5. The lowest BCUT2D eigenvalue weighted by Crippen LogP contribution is -2.21. The summed E-state index contributed by atoms with van der Waals surface area (Å²) < 4.78 is 4.88. The Morgan fingerprint density at radius 3 is 1.23 bits per heavy atom. The van der Waals surface area contributed by atoms with Crippen LogP contribution in [0, 0.1) is 0 Å². The fraction of sp³-hybridized carbons (Fsp3) is 0.960. The summed E-state index contributed by atoms with van der Waals surface area (Å²) in [6, 6.07) is 0. The van der Waals surface area contributed by atoms with Crippen LogP contribution in [0.1, 0.15) is 128 Å². The molecule has 0 aliphatic carbocycles. The highest BCUT2D eigenvalue weighted by atomic mass is 16.5. The summed E-state index contributed by atoms with van der Waals surface area (Å²) in [5, 5.41) is 26.5. The number of rotatable bonds is 24. The first-order valence-electron chi connectivity index (χ1n) is 12.8. The summed E-state index contributed by atoms with van der Waals surface area (Å²) in [7, 11) is 0. The molecule has 0 saturated heterocycles. The van der Waals surface area contributed by atoms with E-state index in [2.05, 4.69) is 0 Å². The first-order chi connectivity index (χ1) is 14.7. The molecule has 0 bridgehead atoms. The van der Waals surface area contributed by atoms with E-state index in [1.165, 1.54) is 103 Å². The zero-order valence-electron chi connectivity index (χ0n) is 19.5. The van der Waals surface area contributed by atoms with Gasteiger partial charge >= 0.3 is 5.97 Å². The fourth-order valence-corrected chi connectivity index (χ4v) is 3.70. The van der Waals surface area contributed by atoms with E-state index in [0.717, 1.165) is 19.3 Å². The minimum Gasteiger partial charge on any atom is -0.463 e. The Morgan fingerprint density at radius 2 is 0.900 bits per heavy atom. The number of esters is 1. The summed E-state index contributed by atoms with van der Waals surface area (Å²) >= 11 is 0. The summed E-state index contributed by atoms with van der Waals surface area (Å²) in [6.07, 6.45) is 23.6. The van der Waals surface area contributed by atoms with Crippen molar-refractivity contribution in [1.29, 1.82) is 0 Å². The van der Waals surface area contributed by atoms with Crippen LogP contribution in [-0.2, 0) is 9.53 Å². The van der Waals surface area contributed by atoms with Gasteiger partial charge in [-0.2, -0.15) is 0 Å². The van der Waals surface area contributed by atoms with Gasteiger partial charge in [-0.1, -0.05) is 109 Å². The van der Waals surface area contributed by atoms with Crippen molar-refractivity contribution in [3.8, 4) is 0 Å². The molecule has 0 aromatic rings. The van der Waals surface area contributed by atoms with E-state index in [4.69, 9.17) is 20.1 Å². The normalized spacial score (nSPS) is 12.2. The van der Waals surface area contributed by atoms with Crippen molar-refractivity contribution in [2.24, 2.45) is 0 Å². The van der Waals surface area contributed by atoms with Crippen LogP contribution in [-0.4, -0.2) is 47.2 Å². The van der Waals surface area contributed by atoms with Crippen LogP contribution in [0.4, 0.5) is 0 Å². The van der Waals surface area contributed by atoms with E-state index in [1.54, 1.807) is 0 Å². The monoisotopic (exact) mass is 430 g/mol. The van der Waals surface area contributed by atoms with Gasteiger partial charge in [0.15, 0.2) is 0 Å². The molecule has 0 radical (unpaired) electrons. The van der Waals surface area contributed by atoms with Crippen molar-refractivity contribution in [3.63, 3.8) is 0 Å². The molecule has 0 rings (SSSR count). The number of carbonyl (C=O) groups is 1. The number of unbranched alkanes of at least 4 members (excludes halogenated alkanes) is 18. The van der Waals surface area contributed by atoms with E-state index in [0.29, 0.717) is 13.0 Å². The lowest BCUT2D eigenvalue weighted by Gasteiger charge is -2.08. The highest BCUT2D eigenvalue weighted by Gasteiger charge is 2.07. The molecule has 0 spiro atoms. The highest BCUT2D eigenvalue weighted by molar-refractivity contribution is 5.69. The Labute approximate surface area is 185 Å². The zero-order valence-corrected chi connectivity index (χ0v) is 19.5. The van der Waals surface area contributed by atoms with Gasteiger partial charge in [0, 0.05) is 13.0 Å². The Bertz CT molecular complexity index is 348. The molecule has 0 aromatic carbocycles. The number of hydrogen-bond donors (Lipinski definition) is 3. The van der Waals surface area contributed by atoms with Crippen molar-refractivity contribution in [2.45, 2.75) is 135 Å². The standard InChI is InChI=1S/C25H50O5/c26-21-19-17-15-13-11-9-7-5-3-1-2-4-6-8-10-12-14-16-18-20-25(29)30-23-24(28)22-27/h24,26-28H,1-23H2. The molecule has 0 amide bonds. The van der Waals surface area contributed by atoms with Crippen molar-refractivity contribution >= 4 is 5.97 Å². The molecule has 0 aromatic heterocycles. The molecule has 30 heavy (non-hydrogen) atoms. The average molecular weight is 431 g/mol. The average Bonchev–Trinajstić information content (AvgIpc) is 2.76. The molecule has 0 aliphatic heterocycles. The van der Waals surface area contributed by atoms with Crippen LogP contribution in [0.2, 0.25) is 0 Å². The molecule has 1 unspecified atom stereocenters. The molecule has 3 N–H and O–H groups in total. The SMILES string of the molecule is O=C(CCCCCCCCCCCCCCCCCCCCCO)OCC(O)CO. The second kappa shape index (κ2) is 24.6. The highest BCUT2D eigenvalue weighted by Crippen LogP contribution is 2.14. The minimum atomic E-state index is -0.961. The number of aliphatic hydroxyl groups is 3. The molecular weight excluding hydrogens is 380 g/mol. The first-order valence-corrected chi connectivity index (χ1v) is 12.8. The smallest absolute Gasteiger partial charge is 0.305 e. The number of aliphatic hydroxyl groups excluding tert-OH is 3. The number of carbonyl (C=O) groups excluding carboxylic acids is 1. The maximum absolute atomic E-state index is 11.4. The predicted molar refractivity (Wildman–Crippen MR) is 123 cm³/mol. The zero-order chi connectivity index (χ0) is 22.1. The van der Waals surface area contributed by atoms with Crippen molar-refractivity contribution in [2.75, 3.05) is 19.8 Å². The third-order valence-corrected chi connectivity index (χ3v) is 5.69.